The fraction of sp³-hybridized carbons (Fsp3) is 0.588. The largest absolute Gasteiger partial charge is 0.481 e. The standard InChI is InChI=1S/C17H24O2/c1-2-14-9-6-11-17(13-14,16(18)19)12-10-15-7-4-3-5-8-15/h3-5,7-8,14H,2,6,9-13H2,1H3,(H,18,19). The van der Waals surface area contributed by atoms with Gasteiger partial charge in [0.2, 0.25) is 0 Å². The predicted octanol–water partition coefficient (Wildman–Crippen LogP) is 4.29. The Hall–Kier alpha value is -1.31. The lowest BCUT2D eigenvalue weighted by molar-refractivity contribution is -0.152. The van der Waals surface area contributed by atoms with Gasteiger partial charge in [0, 0.05) is 0 Å². The van der Waals surface area contributed by atoms with Gasteiger partial charge < -0.3 is 5.11 Å². The highest BCUT2D eigenvalue weighted by Gasteiger charge is 2.41. The van der Waals surface area contributed by atoms with Crippen molar-refractivity contribution < 1.29 is 9.90 Å². The first kappa shape index (κ1) is 14.1. The van der Waals surface area contributed by atoms with Gasteiger partial charge in [-0.05, 0) is 37.2 Å². The molecule has 0 bridgehead atoms. The molecule has 1 saturated carbocycles. The molecule has 104 valence electrons. The number of carboxylic acids is 1. The molecule has 1 aliphatic rings. The summed E-state index contributed by atoms with van der Waals surface area (Å²) in [6.45, 7) is 2.18. The smallest absolute Gasteiger partial charge is 0.309 e. The second-order valence-corrected chi connectivity index (χ2v) is 5.94. The van der Waals surface area contributed by atoms with Gasteiger partial charge in [0.1, 0.15) is 0 Å². The van der Waals surface area contributed by atoms with E-state index in [9.17, 15) is 9.90 Å². The molecule has 2 nitrogen and oxygen atoms in total. The lowest BCUT2D eigenvalue weighted by Crippen LogP contribution is -2.36. The van der Waals surface area contributed by atoms with E-state index in [0.717, 1.165) is 38.5 Å². The lowest BCUT2D eigenvalue weighted by Gasteiger charge is -2.37. The molecular formula is C17H24O2. The first-order valence-corrected chi connectivity index (χ1v) is 7.43. The van der Waals surface area contributed by atoms with E-state index in [-0.39, 0.29) is 0 Å². The fourth-order valence-corrected chi connectivity index (χ4v) is 3.39. The van der Waals surface area contributed by atoms with E-state index >= 15 is 0 Å². The van der Waals surface area contributed by atoms with Gasteiger partial charge in [-0.1, -0.05) is 56.5 Å². The van der Waals surface area contributed by atoms with Crippen molar-refractivity contribution in [3.8, 4) is 0 Å². The Morgan fingerprint density at radius 3 is 2.74 bits per heavy atom. The molecule has 1 aromatic carbocycles. The van der Waals surface area contributed by atoms with Crippen molar-refractivity contribution in [2.24, 2.45) is 11.3 Å². The van der Waals surface area contributed by atoms with Crippen LogP contribution in [0.15, 0.2) is 30.3 Å². The van der Waals surface area contributed by atoms with Gasteiger partial charge in [-0.25, -0.2) is 0 Å². The third-order valence-electron chi connectivity index (χ3n) is 4.71. The summed E-state index contributed by atoms with van der Waals surface area (Å²) in [4.78, 5) is 11.8. The molecule has 2 atom stereocenters. The Labute approximate surface area is 115 Å². The van der Waals surface area contributed by atoms with Crippen molar-refractivity contribution in [3.05, 3.63) is 35.9 Å². The molecule has 0 spiro atoms. The highest BCUT2D eigenvalue weighted by atomic mass is 16.4. The maximum Gasteiger partial charge on any atom is 0.309 e. The van der Waals surface area contributed by atoms with E-state index < -0.39 is 11.4 Å². The SMILES string of the molecule is CCC1CCCC(CCc2ccccc2)(C(=O)O)C1. The van der Waals surface area contributed by atoms with Crippen LogP contribution in [-0.2, 0) is 11.2 Å². The van der Waals surface area contributed by atoms with Crippen LogP contribution in [0.25, 0.3) is 0 Å². The van der Waals surface area contributed by atoms with Crippen LogP contribution in [-0.4, -0.2) is 11.1 Å². The first-order chi connectivity index (χ1) is 9.16. The predicted molar refractivity (Wildman–Crippen MR) is 77.1 cm³/mol. The van der Waals surface area contributed by atoms with Crippen LogP contribution in [0.2, 0.25) is 0 Å². The maximum absolute atomic E-state index is 11.8. The number of aliphatic carboxylic acids is 1. The van der Waals surface area contributed by atoms with Gasteiger partial charge in [-0.3, -0.25) is 4.79 Å². The van der Waals surface area contributed by atoms with Crippen LogP contribution in [0.1, 0.15) is 51.0 Å². The third kappa shape index (κ3) is 3.37. The maximum atomic E-state index is 11.8. The monoisotopic (exact) mass is 260 g/mol. The minimum Gasteiger partial charge on any atom is -0.481 e. The zero-order valence-corrected chi connectivity index (χ0v) is 11.8. The molecular weight excluding hydrogens is 236 g/mol. The molecule has 19 heavy (non-hydrogen) atoms. The fourth-order valence-electron chi connectivity index (χ4n) is 3.39. The zero-order chi connectivity index (χ0) is 13.7. The van der Waals surface area contributed by atoms with Crippen LogP contribution >= 0.6 is 0 Å². The van der Waals surface area contributed by atoms with Crippen LogP contribution in [0.5, 0.6) is 0 Å². The molecule has 1 aliphatic carbocycles. The normalized spacial score (nSPS) is 27.1. The van der Waals surface area contributed by atoms with Crippen molar-refractivity contribution in [2.45, 2.75) is 51.9 Å². The van der Waals surface area contributed by atoms with E-state index in [1.165, 1.54) is 12.0 Å². The molecule has 1 N–H and O–H groups in total. The molecule has 2 unspecified atom stereocenters. The molecule has 0 saturated heterocycles. The average Bonchev–Trinajstić information content (AvgIpc) is 2.46. The Morgan fingerprint density at radius 2 is 2.11 bits per heavy atom. The zero-order valence-electron chi connectivity index (χ0n) is 11.8. The van der Waals surface area contributed by atoms with Gasteiger partial charge in [-0.15, -0.1) is 0 Å². The van der Waals surface area contributed by atoms with Gasteiger partial charge in [0.15, 0.2) is 0 Å². The molecule has 0 amide bonds. The highest BCUT2D eigenvalue weighted by molar-refractivity contribution is 5.74. The summed E-state index contributed by atoms with van der Waals surface area (Å²) in [5.74, 6) is 0.0159. The second-order valence-electron chi connectivity index (χ2n) is 5.94. The minimum atomic E-state index is -0.582. The number of carboxylic acid groups (broad SMARTS) is 1. The van der Waals surface area contributed by atoms with Crippen molar-refractivity contribution >= 4 is 5.97 Å². The van der Waals surface area contributed by atoms with Crippen molar-refractivity contribution in [3.63, 3.8) is 0 Å². The number of hydrogen-bond donors (Lipinski definition) is 1. The number of benzene rings is 1. The summed E-state index contributed by atoms with van der Waals surface area (Å²) < 4.78 is 0. The van der Waals surface area contributed by atoms with E-state index in [4.69, 9.17) is 0 Å². The molecule has 1 aromatic rings. The Morgan fingerprint density at radius 1 is 1.37 bits per heavy atom. The van der Waals surface area contributed by atoms with Gasteiger partial charge in [-0.2, -0.15) is 0 Å². The van der Waals surface area contributed by atoms with E-state index in [1.807, 2.05) is 18.2 Å². The molecule has 0 heterocycles. The minimum absolute atomic E-state index is 0.477. The van der Waals surface area contributed by atoms with E-state index in [1.54, 1.807) is 0 Å². The average molecular weight is 260 g/mol. The number of carbonyl (C=O) groups is 1. The van der Waals surface area contributed by atoms with Crippen molar-refractivity contribution in [1.29, 1.82) is 0 Å². The summed E-state index contributed by atoms with van der Waals surface area (Å²) in [6.07, 6.45) is 6.76. The number of hydrogen-bond acceptors (Lipinski definition) is 1. The Balaban J connectivity index is 2.05. The second kappa shape index (κ2) is 6.23. The molecule has 2 rings (SSSR count). The van der Waals surface area contributed by atoms with Gasteiger partial charge >= 0.3 is 5.97 Å². The van der Waals surface area contributed by atoms with Crippen LogP contribution in [0.4, 0.5) is 0 Å². The van der Waals surface area contributed by atoms with Crippen LogP contribution in [0, 0.1) is 11.3 Å². The molecule has 0 aliphatic heterocycles. The Kier molecular flexibility index (Phi) is 4.62. The molecule has 1 fully saturated rings. The van der Waals surface area contributed by atoms with Crippen LogP contribution in [0.3, 0.4) is 0 Å². The molecule has 0 radical (unpaired) electrons. The summed E-state index contributed by atoms with van der Waals surface area (Å²) in [5.41, 5.74) is 0.774. The molecule has 0 aromatic heterocycles. The first-order valence-electron chi connectivity index (χ1n) is 7.43. The highest BCUT2D eigenvalue weighted by Crippen LogP contribution is 2.44. The topological polar surface area (TPSA) is 37.3 Å². The van der Waals surface area contributed by atoms with Gasteiger partial charge in [0.05, 0.1) is 5.41 Å². The lowest BCUT2D eigenvalue weighted by atomic mass is 9.66. The summed E-state index contributed by atoms with van der Waals surface area (Å²) in [5, 5.41) is 9.68. The van der Waals surface area contributed by atoms with Crippen molar-refractivity contribution in [2.75, 3.05) is 0 Å². The van der Waals surface area contributed by atoms with E-state index in [0.29, 0.717) is 5.92 Å². The van der Waals surface area contributed by atoms with E-state index in [2.05, 4.69) is 19.1 Å². The van der Waals surface area contributed by atoms with Crippen LogP contribution < -0.4 is 0 Å². The number of rotatable bonds is 5. The third-order valence-corrected chi connectivity index (χ3v) is 4.71. The molecule has 2 heteroatoms. The quantitative estimate of drug-likeness (QED) is 0.857. The summed E-state index contributed by atoms with van der Waals surface area (Å²) in [6, 6.07) is 10.2. The van der Waals surface area contributed by atoms with Crippen molar-refractivity contribution in [1.82, 2.24) is 0 Å². The Bertz CT molecular complexity index is 413. The van der Waals surface area contributed by atoms with Gasteiger partial charge in [0.25, 0.3) is 0 Å². The number of aryl methyl sites for hydroxylation is 1. The summed E-state index contributed by atoms with van der Waals surface area (Å²) >= 11 is 0. The summed E-state index contributed by atoms with van der Waals surface area (Å²) in [7, 11) is 0.